The predicted octanol–water partition coefficient (Wildman–Crippen LogP) is 5.64. The summed E-state index contributed by atoms with van der Waals surface area (Å²) in [6.07, 6.45) is 11.2. The Morgan fingerprint density at radius 3 is 2.71 bits per heavy atom. The van der Waals surface area contributed by atoms with Gasteiger partial charge in [0, 0.05) is 35.6 Å². The molecule has 3 atom stereocenters. The summed E-state index contributed by atoms with van der Waals surface area (Å²) in [5.74, 6) is 1.56. The Hall–Kier alpha value is -3.25. The lowest BCUT2D eigenvalue weighted by atomic mass is 9.71. The zero-order valence-corrected chi connectivity index (χ0v) is 16.2. The molecule has 0 fully saturated rings. The van der Waals surface area contributed by atoms with E-state index >= 15 is 0 Å². The molecular weight excluding hydrogens is 342 g/mol. The predicted molar refractivity (Wildman–Crippen MR) is 112 cm³/mol. The number of rotatable bonds is 3. The summed E-state index contributed by atoms with van der Waals surface area (Å²) in [7, 11) is 0. The molecule has 0 saturated carbocycles. The van der Waals surface area contributed by atoms with Gasteiger partial charge in [0.2, 0.25) is 0 Å². The monoisotopic (exact) mass is 365 g/mol. The van der Waals surface area contributed by atoms with Crippen molar-refractivity contribution < 1.29 is 0 Å². The minimum Gasteiger partial charge on any atom is -0.264 e. The molecule has 0 saturated heterocycles. The average Bonchev–Trinajstić information content (AvgIpc) is 2.74. The quantitative estimate of drug-likeness (QED) is 0.603. The highest BCUT2D eigenvalue weighted by Gasteiger charge is 2.29. The highest BCUT2D eigenvalue weighted by atomic mass is 14.7. The summed E-state index contributed by atoms with van der Waals surface area (Å²) in [6, 6.07) is 16.1. The van der Waals surface area contributed by atoms with Gasteiger partial charge in [-0.25, -0.2) is 0 Å². The minimum atomic E-state index is 0.355. The molecule has 0 aliphatic heterocycles. The van der Waals surface area contributed by atoms with Crippen molar-refractivity contribution in [2.45, 2.75) is 26.2 Å². The molecule has 28 heavy (non-hydrogen) atoms. The SMILES string of the molecule is C[C@H]1[C@H](C=Cc2ccc(-c3ccccc3C#N)cn2)c2cnccc2C[C@@H]1C. The fraction of sp³-hybridized carbons (Fsp3) is 0.240. The van der Waals surface area contributed by atoms with Crippen LogP contribution in [0.15, 0.2) is 67.1 Å². The molecule has 0 amide bonds. The van der Waals surface area contributed by atoms with Gasteiger partial charge in [0.25, 0.3) is 0 Å². The van der Waals surface area contributed by atoms with Gasteiger partial charge in [-0.05, 0) is 53.7 Å². The van der Waals surface area contributed by atoms with Crippen molar-refractivity contribution in [2.75, 3.05) is 0 Å². The summed E-state index contributed by atoms with van der Waals surface area (Å²) in [5.41, 5.74) is 6.22. The Balaban J connectivity index is 1.60. The molecule has 2 aromatic heterocycles. The topological polar surface area (TPSA) is 49.6 Å². The third-order valence-electron chi connectivity index (χ3n) is 5.93. The molecule has 1 aromatic carbocycles. The van der Waals surface area contributed by atoms with E-state index in [0.717, 1.165) is 23.2 Å². The van der Waals surface area contributed by atoms with Crippen LogP contribution in [0, 0.1) is 23.2 Å². The fourth-order valence-corrected chi connectivity index (χ4v) is 4.07. The molecule has 0 spiro atoms. The number of benzene rings is 1. The Labute approximate surface area is 166 Å². The van der Waals surface area contributed by atoms with Gasteiger partial charge in [0.15, 0.2) is 0 Å². The van der Waals surface area contributed by atoms with Crippen LogP contribution >= 0.6 is 0 Å². The first-order chi connectivity index (χ1) is 13.7. The lowest BCUT2D eigenvalue weighted by Crippen LogP contribution is -2.25. The van der Waals surface area contributed by atoms with Crippen molar-refractivity contribution >= 4 is 6.08 Å². The third-order valence-corrected chi connectivity index (χ3v) is 5.93. The summed E-state index contributed by atoms with van der Waals surface area (Å²) in [4.78, 5) is 8.95. The summed E-state index contributed by atoms with van der Waals surface area (Å²) in [5, 5.41) is 9.30. The summed E-state index contributed by atoms with van der Waals surface area (Å²) < 4.78 is 0. The molecule has 0 N–H and O–H groups in total. The van der Waals surface area contributed by atoms with Crippen LogP contribution in [0.4, 0.5) is 0 Å². The molecule has 0 bridgehead atoms. The lowest BCUT2D eigenvalue weighted by Gasteiger charge is -2.34. The summed E-state index contributed by atoms with van der Waals surface area (Å²) in [6.45, 7) is 4.65. The highest BCUT2D eigenvalue weighted by Crippen LogP contribution is 2.40. The number of pyridine rings is 2. The molecule has 3 aromatic rings. The van der Waals surface area contributed by atoms with Crippen LogP contribution in [-0.2, 0) is 6.42 Å². The molecule has 138 valence electrons. The number of allylic oxidation sites excluding steroid dienone is 1. The van der Waals surface area contributed by atoms with Gasteiger partial charge in [-0.15, -0.1) is 0 Å². The molecule has 0 unspecified atom stereocenters. The van der Waals surface area contributed by atoms with Gasteiger partial charge in [0.1, 0.15) is 0 Å². The maximum Gasteiger partial charge on any atom is 0.0998 e. The Kier molecular flexibility index (Phi) is 5.04. The summed E-state index contributed by atoms with van der Waals surface area (Å²) >= 11 is 0. The Morgan fingerprint density at radius 1 is 1.07 bits per heavy atom. The van der Waals surface area contributed by atoms with Gasteiger partial charge in [-0.1, -0.05) is 44.2 Å². The fourth-order valence-electron chi connectivity index (χ4n) is 4.07. The second-order valence-electron chi connectivity index (χ2n) is 7.63. The first kappa shape index (κ1) is 18.1. The first-order valence-electron chi connectivity index (χ1n) is 9.74. The van der Waals surface area contributed by atoms with E-state index in [4.69, 9.17) is 0 Å². The van der Waals surface area contributed by atoms with E-state index in [1.54, 1.807) is 0 Å². The van der Waals surface area contributed by atoms with Crippen LogP contribution in [-0.4, -0.2) is 9.97 Å². The van der Waals surface area contributed by atoms with Crippen molar-refractivity contribution in [1.82, 2.24) is 9.97 Å². The van der Waals surface area contributed by atoms with E-state index in [2.05, 4.69) is 48.1 Å². The first-order valence-corrected chi connectivity index (χ1v) is 9.74. The smallest absolute Gasteiger partial charge is 0.0998 e. The van der Waals surface area contributed by atoms with Crippen LogP contribution < -0.4 is 0 Å². The number of hydrogen-bond donors (Lipinski definition) is 0. The van der Waals surface area contributed by atoms with Gasteiger partial charge in [-0.3, -0.25) is 9.97 Å². The molecule has 3 heteroatoms. The Morgan fingerprint density at radius 2 is 1.93 bits per heavy atom. The highest BCUT2D eigenvalue weighted by molar-refractivity contribution is 5.70. The van der Waals surface area contributed by atoms with E-state index in [1.165, 1.54) is 11.1 Å². The number of aromatic nitrogens is 2. The van der Waals surface area contributed by atoms with Crippen molar-refractivity contribution in [1.29, 1.82) is 5.26 Å². The van der Waals surface area contributed by atoms with E-state index in [0.29, 0.717) is 23.3 Å². The third kappa shape index (κ3) is 3.46. The molecule has 2 heterocycles. The largest absolute Gasteiger partial charge is 0.264 e. The van der Waals surface area contributed by atoms with E-state index in [1.807, 2.05) is 55.0 Å². The van der Waals surface area contributed by atoms with Crippen molar-refractivity contribution in [2.24, 2.45) is 11.8 Å². The van der Waals surface area contributed by atoms with E-state index in [-0.39, 0.29) is 0 Å². The second-order valence-corrected chi connectivity index (χ2v) is 7.63. The van der Waals surface area contributed by atoms with Crippen LogP contribution in [0.1, 0.15) is 42.1 Å². The van der Waals surface area contributed by atoms with Gasteiger partial charge >= 0.3 is 0 Å². The van der Waals surface area contributed by atoms with Gasteiger partial charge in [-0.2, -0.15) is 5.26 Å². The number of hydrogen-bond acceptors (Lipinski definition) is 3. The van der Waals surface area contributed by atoms with Crippen molar-refractivity contribution in [3.8, 4) is 17.2 Å². The molecule has 1 aliphatic rings. The zero-order chi connectivity index (χ0) is 19.5. The van der Waals surface area contributed by atoms with Crippen LogP contribution in [0.3, 0.4) is 0 Å². The van der Waals surface area contributed by atoms with Crippen LogP contribution in [0.5, 0.6) is 0 Å². The number of nitriles is 1. The van der Waals surface area contributed by atoms with Gasteiger partial charge < -0.3 is 0 Å². The zero-order valence-electron chi connectivity index (χ0n) is 16.2. The van der Waals surface area contributed by atoms with Crippen molar-refractivity contribution in [3.63, 3.8) is 0 Å². The van der Waals surface area contributed by atoms with Crippen molar-refractivity contribution in [3.05, 3.63) is 89.5 Å². The number of nitrogens with zero attached hydrogens (tertiary/aromatic N) is 3. The molecule has 1 aliphatic carbocycles. The minimum absolute atomic E-state index is 0.355. The average molecular weight is 365 g/mol. The van der Waals surface area contributed by atoms with E-state index < -0.39 is 0 Å². The second kappa shape index (κ2) is 7.78. The van der Waals surface area contributed by atoms with Gasteiger partial charge in [0.05, 0.1) is 17.3 Å². The Bertz CT molecular complexity index is 1040. The van der Waals surface area contributed by atoms with E-state index in [9.17, 15) is 5.26 Å². The van der Waals surface area contributed by atoms with Crippen LogP contribution in [0.25, 0.3) is 17.2 Å². The standard InChI is InChI=1S/C25H23N3/c1-17-13-19-11-12-27-16-25(19)23(18(17)2)10-9-22-8-7-21(15-28-22)24-6-4-3-5-20(24)14-26/h3-12,15-18,23H,13H2,1-2H3/t17-,18+,23-/m0/s1. The lowest BCUT2D eigenvalue weighted by molar-refractivity contribution is 0.331. The normalized spacial score (nSPS) is 21.2. The maximum absolute atomic E-state index is 9.30. The molecule has 3 nitrogen and oxygen atoms in total. The molecule has 4 rings (SSSR count). The molecule has 0 radical (unpaired) electrons. The molecular formula is C25H23N3. The van der Waals surface area contributed by atoms with Crippen LogP contribution in [0.2, 0.25) is 0 Å². The maximum atomic E-state index is 9.30. The number of fused-ring (bicyclic) bond motifs is 1.